The molecule has 0 unspecified atom stereocenters. The van der Waals surface area contributed by atoms with Crippen molar-refractivity contribution in [2.24, 2.45) is 0 Å². The summed E-state index contributed by atoms with van der Waals surface area (Å²) < 4.78 is 15.2. The summed E-state index contributed by atoms with van der Waals surface area (Å²) in [4.78, 5) is 27.7. The van der Waals surface area contributed by atoms with E-state index in [-0.39, 0.29) is 13.2 Å². The molecule has 1 amide bonds. The lowest BCUT2D eigenvalue weighted by Gasteiger charge is -2.22. The van der Waals surface area contributed by atoms with E-state index in [1.807, 2.05) is 13.0 Å². The number of nitrogens with two attached hydrogens (primary N) is 1. The third-order valence-electron chi connectivity index (χ3n) is 2.75. The van der Waals surface area contributed by atoms with Gasteiger partial charge >= 0.3 is 12.1 Å². The third-order valence-corrected chi connectivity index (χ3v) is 2.75. The zero-order chi connectivity index (χ0) is 18.3. The van der Waals surface area contributed by atoms with Crippen LogP contribution in [0.15, 0.2) is 12.1 Å². The molecule has 0 aromatic carbocycles. The fraction of sp³-hybridized carbons (Fsp3) is 0.562. The van der Waals surface area contributed by atoms with Gasteiger partial charge in [-0.1, -0.05) is 0 Å². The summed E-state index contributed by atoms with van der Waals surface area (Å²) in [6, 6.07) is 2.59. The van der Waals surface area contributed by atoms with E-state index in [9.17, 15) is 9.59 Å². The van der Waals surface area contributed by atoms with Gasteiger partial charge in [-0.15, -0.1) is 0 Å². The molecule has 8 nitrogen and oxygen atoms in total. The Morgan fingerprint density at radius 2 is 2.00 bits per heavy atom. The van der Waals surface area contributed by atoms with Crippen molar-refractivity contribution in [3.8, 4) is 0 Å². The highest BCUT2D eigenvalue weighted by Crippen LogP contribution is 2.09. The van der Waals surface area contributed by atoms with Crippen molar-refractivity contribution in [2.75, 3.05) is 19.5 Å². The SMILES string of the molecule is COC(=O)[C@@H](COCc1cc(C)cc(N)n1)NC(=O)OC(C)(C)C. The van der Waals surface area contributed by atoms with Crippen LogP contribution in [-0.4, -0.2) is 42.4 Å². The van der Waals surface area contributed by atoms with Crippen LogP contribution >= 0.6 is 0 Å². The molecule has 134 valence electrons. The number of amides is 1. The number of nitrogens with zero attached hydrogens (tertiary/aromatic N) is 1. The summed E-state index contributed by atoms with van der Waals surface area (Å²) in [5.74, 6) is -0.234. The molecule has 0 saturated carbocycles. The summed E-state index contributed by atoms with van der Waals surface area (Å²) in [5.41, 5.74) is 6.59. The first-order valence-corrected chi connectivity index (χ1v) is 7.49. The Morgan fingerprint density at radius 3 is 2.54 bits per heavy atom. The molecule has 8 heteroatoms. The Hall–Kier alpha value is -2.35. The minimum absolute atomic E-state index is 0.0819. The smallest absolute Gasteiger partial charge is 0.408 e. The van der Waals surface area contributed by atoms with Gasteiger partial charge in [-0.05, 0) is 45.4 Å². The van der Waals surface area contributed by atoms with Crippen molar-refractivity contribution >= 4 is 17.9 Å². The molecule has 0 aliphatic rings. The van der Waals surface area contributed by atoms with E-state index in [2.05, 4.69) is 15.0 Å². The molecular formula is C16H25N3O5. The van der Waals surface area contributed by atoms with E-state index in [0.29, 0.717) is 11.5 Å². The van der Waals surface area contributed by atoms with Crippen LogP contribution in [0.1, 0.15) is 32.0 Å². The predicted octanol–water partition coefficient (Wildman–Crippen LogP) is 1.56. The Morgan fingerprint density at radius 1 is 1.33 bits per heavy atom. The van der Waals surface area contributed by atoms with Crippen molar-refractivity contribution in [1.82, 2.24) is 10.3 Å². The molecular weight excluding hydrogens is 314 g/mol. The lowest BCUT2D eigenvalue weighted by atomic mass is 10.2. The molecule has 0 aliphatic heterocycles. The van der Waals surface area contributed by atoms with E-state index < -0.39 is 23.7 Å². The Bertz CT molecular complexity index is 563. The van der Waals surface area contributed by atoms with Gasteiger partial charge in [0.05, 0.1) is 26.0 Å². The minimum atomic E-state index is -0.980. The number of ether oxygens (including phenoxy) is 3. The molecule has 0 radical (unpaired) electrons. The van der Waals surface area contributed by atoms with Crippen molar-refractivity contribution in [2.45, 2.75) is 45.9 Å². The highest BCUT2D eigenvalue weighted by Gasteiger charge is 2.25. The van der Waals surface area contributed by atoms with Gasteiger partial charge in [0, 0.05) is 0 Å². The standard InChI is InChI=1S/C16H25N3O5/c1-10-6-11(18-13(17)7-10)8-23-9-12(14(20)22-5)19-15(21)24-16(2,3)4/h6-7,12H,8-9H2,1-5H3,(H2,17,18)(H,19,21)/t12-/m1/s1. The van der Waals surface area contributed by atoms with E-state index in [0.717, 1.165) is 5.56 Å². The first-order chi connectivity index (χ1) is 11.1. The first kappa shape index (κ1) is 19.7. The second-order valence-corrected chi connectivity index (χ2v) is 6.30. The average molecular weight is 339 g/mol. The number of hydrogen-bond acceptors (Lipinski definition) is 7. The highest BCUT2D eigenvalue weighted by atomic mass is 16.6. The summed E-state index contributed by atoms with van der Waals surface area (Å²) >= 11 is 0. The van der Waals surface area contributed by atoms with Crippen LogP contribution < -0.4 is 11.1 Å². The van der Waals surface area contributed by atoms with Gasteiger partial charge in [0.25, 0.3) is 0 Å². The predicted molar refractivity (Wildman–Crippen MR) is 88.2 cm³/mol. The maximum Gasteiger partial charge on any atom is 0.408 e. The van der Waals surface area contributed by atoms with E-state index in [1.165, 1.54) is 7.11 Å². The highest BCUT2D eigenvalue weighted by molar-refractivity contribution is 5.81. The van der Waals surface area contributed by atoms with Crippen molar-refractivity contribution in [1.29, 1.82) is 0 Å². The zero-order valence-corrected chi connectivity index (χ0v) is 14.7. The number of carbonyl (C=O) groups is 2. The topological polar surface area (TPSA) is 113 Å². The van der Waals surface area contributed by atoms with Gasteiger partial charge < -0.3 is 25.3 Å². The molecule has 0 fully saturated rings. The normalized spacial score (nSPS) is 12.4. The van der Waals surface area contributed by atoms with Gasteiger partial charge in [0.15, 0.2) is 6.04 Å². The molecule has 24 heavy (non-hydrogen) atoms. The number of nitrogen functional groups attached to an aromatic ring is 1. The number of esters is 1. The lowest BCUT2D eigenvalue weighted by Crippen LogP contribution is -2.46. The number of alkyl carbamates (subject to hydrolysis) is 1. The number of aromatic nitrogens is 1. The average Bonchev–Trinajstić information content (AvgIpc) is 2.42. The number of hydrogen-bond donors (Lipinski definition) is 2. The van der Waals surface area contributed by atoms with Gasteiger partial charge in [-0.25, -0.2) is 14.6 Å². The number of carbonyl (C=O) groups excluding carboxylic acids is 2. The van der Waals surface area contributed by atoms with Crippen LogP contribution in [-0.2, 0) is 25.6 Å². The molecule has 1 atom stereocenters. The summed E-state index contributed by atoms with van der Waals surface area (Å²) in [7, 11) is 1.23. The number of aryl methyl sites for hydroxylation is 1. The van der Waals surface area contributed by atoms with Crippen LogP contribution in [0.4, 0.5) is 10.6 Å². The molecule has 1 aromatic heterocycles. The Kier molecular flexibility index (Phi) is 6.97. The maximum absolute atomic E-state index is 11.8. The van der Waals surface area contributed by atoms with Crippen molar-refractivity contribution in [3.05, 3.63) is 23.4 Å². The fourth-order valence-corrected chi connectivity index (χ4v) is 1.88. The van der Waals surface area contributed by atoms with E-state index in [4.69, 9.17) is 15.2 Å². The molecule has 3 N–H and O–H groups in total. The largest absolute Gasteiger partial charge is 0.467 e. The Balaban J connectivity index is 2.60. The molecule has 0 bridgehead atoms. The lowest BCUT2D eigenvalue weighted by molar-refractivity contribution is -0.145. The zero-order valence-electron chi connectivity index (χ0n) is 14.7. The molecule has 1 heterocycles. The summed E-state index contributed by atoms with van der Waals surface area (Å²) in [6.45, 7) is 7.14. The monoisotopic (exact) mass is 339 g/mol. The fourth-order valence-electron chi connectivity index (χ4n) is 1.88. The van der Waals surface area contributed by atoms with E-state index in [1.54, 1.807) is 26.8 Å². The number of rotatable bonds is 6. The third kappa shape index (κ3) is 7.28. The molecule has 1 rings (SSSR count). The molecule has 0 spiro atoms. The molecule has 0 saturated heterocycles. The van der Waals surface area contributed by atoms with Gasteiger partial charge in [-0.2, -0.15) is 0 Å². The van der Waals surface area contributed by atoms with Crippen LogP contribution in [0.2, 0.25) is 0 Å². The number of pyridine rings is 1. The van der Waals surface area contributed by atoms with Crippen molar-refractivity contribution in [3.63, 3.8) is 0 Å². The second-order valence-electron chi connectivity index (χ2n) is 6.30. The second kappa shape index (κ2) is 8.49. The number of nitrogens with one attached hydrogen (secondary N) is 1. The quantitative estimate of drug-likeness (QED) is 0.756. The van der Waals surface area contributed by atoms with Crippen LogP contribution in [0.5, 0.6) is 0 Å². The Labute approximate surface area is 141 Å². The van der Waals surface area contributed by atoms with Crippen LogP contribution in [0, 0.1) is 6.92 Å². The van der Waals surface area contributed by atoms with Crippen molar-refractivity contribution < 1.29 is 23.8 Å². The van der Waals surface area contributed by atoms with E-state index >= 15 is 0 Å². The summed E-state index contributed by atoms with van der Waals surface area (Å²) in [6.07, 6.45) is -0.723. The maximum atomic E-state index is 11.8. The van der Waals surface area contributed by atoms with Crippen LogP contribution in [0.25, 0.3) is 0 Å². The summed E-state index contributed by atoms with van der Waals surface area (Å²) in [5, 5.41) is 2.43. The minimum Gasteiger partial charge on any atom is -0.467 e. The van der Waals surface area contributed by atoms with Crippen LogP contribution in [0.3, 0.4) is 0 Å². The molecule has 0 aliphatic carbocycles. The van der Waals surface area contributed by atoms with Gasteiger partial charge in [0.1, 0.15) is 11.4 Å². The van der Waals surface area contributed by atoms with Gasteiger partial charge in [-0.3, -0.25) is 0 Å². The molecule has 1 aromatic rings. The number of methoxy groups -OCH3 is 1. The van der Waals surface area contributed by atoms with Gasteiger partial charge in [0.2, 0.25) is 0 Å². The first-order valence-electron chi connectivity index (χ1n) is 7.49. The number of anilines is 1.